The lowest BCUT2D eigenvalue weighted by Gasteiger charge is -2.25. The van der Waals surface area contributed by atoms with Gasteiger partial charge in [-0.1, -0.05) is 56.3 Å². The lowest BCUT2D eigenvalue weighted by Crippen LogP contribution is -2.48. The van der Waals surface area contributed by atoms with Crippen molar-refractivity contribution in [3.05, 3.63) is 95.2 Å². The van der Waals surface area contributed by atoms with E-state index in [1.807, 2.05) is 71.4 Å². The number of carbonyl (C=O) groups excluding carboxylic acids is 1. The molecule has 2 heterocycles. The minimum absolute atomic E-state index is 0.0187. The minimum Gasteiger partial charge on any atom is -0.497 e. The van der Waals surface area contributed by atoms with E-state index in [0.717, 1.165) is 33.3 Å². The maximum atomic E-state index is 13.9. The highest BCUT2D eigenvalue weighted by molar-refractivity contribution is 7.92. The topological polar surface area (TPSA) is 113 Å². The predicted octanol–water partition coefficient (Wildman–Crippen LogP) is 4.04. The maximum Gasteiger partial charge on any atom is 0.251 e. The number of hydrogen-bond acceptors (Lipinski definition) is 6. The zero-order valence-electron chi connectivity index (χ0n) is 25.1. The van der Waals surface area contributed by atoms with Crippen LogP contribution in [-0.4, -0.2) is 62.6 Å². The molecule has 1 amide bonds. The maximum absolute atomic E-state index is 13.9. The molecule has 228 valence electrons. The number of amides is 1. The number of benzene rings is 3. The minimum atomic E-state index is -3.55. The van der Waals surface area contributed by atoms with Gasteiger partial charge in [0.2, 0.25) is 10.0 Å². The quantitative estimate of drug-likeness (QED) is 0.238. The number of sulfonamides is 1. The van der Waals surface area contributed by atoms with Crippen molar-refractivity contribution in [2.75, 3.05) is 30.8 Å². The Morgan fingerprint density at radius 1 is 1.05 bits per heavy atom. The number of aliphatic hydroxyl groups is 1. The Labute approximate surface area is 253 Å². The van der Waals surface area contributed by atoms with Crippen molar-refractivity contribution >= 4 is 32.5 Å². The summed E-state index contributed by atoms with van der Waals surface area (Å²) in [6.45, 7) is 5.30. The van der Waals surface area contributed by atoms with Gasteiger partial charge in [0.1, 0.15) is 5.75 Å². The first kappa shape index (κ1) is 30.6. The molecule has 4 aromatic rings. The number of rotatable bonds is 11. The molecule has 3 aromatic carbocycles. The molecule has 0 aliphatic carbocycles. The van der Waals surface area contributed by atoms with Gasteiger partial charge in [-0.3, -0.25) is 9.10 Å². The number of carbonyl (C=O) groups is 1. The second kappa shape index (κ2) is 12.8. The van der Waals surface area contributed by atoms with E-state index >= 15 is 0 Å². The van der Waals surface area contributed by atoms with Gasteiger partial charge in [-0.05, 0) is 53.3 Å². The highest BCUT2D eigenvalue weighted by Crippen LogP contribution is 2.37. The molecule has 1 aliphatic rings. The standard InChI is InChI=1S/C33H40N4O5S/c1-22(2)28-21-37-13-14-43(40,41)36(3)30-18-25(17-27(28)32(30)37)33(39)35-29(16-23-9-6-5-7-10-23)31(38)20-34-19-24-11-8-12-26(15-24)42-4/h5-12,15,17-18,21-22,29,31,34,38H,13-14,16,19-20H2,1-4H3,(H,35,39)/t29-,31+/m0/s1. The molecule has 0 radical (unpaired) electrons. The van der Waals surface area contributed by atoms with E-state index in [2.05, 4.69) is 24.5 Å². The summed E-state index contributed by atoms with van der Waals surface area (Å²) in [5.41, 5.74) is 4.69. The number of aliphatic hydroxyl groups excluding tert-OH is 1. The van der Waals surface area contributed by atoms with Crippen molar-refractivity contribution in [1.82, 2.24) is 15.2 Å². The number of methoxy groups -OCH3 is 1. The van der Waals surface area contributed by atoms with E-state index in [1.54, 1.807) is 20.2 Å². The van der Waals surface area contributed by atoms with Crippen LogP contribution in [0.1, 0.15) is 46.8 Å². The van der Waals surface area contributed by atoms with Crippen molar-refractivity contribution in [3.63, 3.8) is 0 Å². The summed E-state index contributed by atoms with van der Waals surface area (Å²) in [6.07, 6.45) is 1.53. The average molecular weight is 605 g/mol. The van der Waals surface area contributed by atoms with Crippen LogP contribution in [0, 0.1) is 0 Å². The fraction of sp³-hybridized carbons (Fsp3) is 0.364. The van der Waals surface area contributed by atoms with E-state index in [1.165, 1.54) is 4.31 Å². The molecule has 43 heavy (non-hydrogen) atoms. The summed E-state index contributed by atoms with van der Waals surface area (Å²) < 4.78 is 34.5. The smallest absolute Gasteiger partial charge is 0.251 e. The number of anilines is 1. The van der Waals surface area contributed by atoms with Gasteiger partial charge in [-0.15, -0.1) is 0 Å². The third-order valence-corrected chi connectivity index (χ3v) is 9.84. The SMILES string of the molecule is COc1cccc(CNC[C@@H](O)[C@H](Cc2ccccc2)NC(=O)c2cc3c4c(c2)c(C(C)C)cn4CCS(=O)(=O)N3C)c1. The Morgan fingerprint density at radius 2 is 1.79 bits per heavy atom. The van der Waals surface area contributed by atoms with Crippen LogP contribution in [0.3, 0.4) is 0 Å². The number of nitrogens with one attached hydrogen (secondary N) is 2. The zero-order chi connectivity index (χ0) is 30.7. The van der Waals surface area contributed by atoms with E-state index in [-0.39, 0.29) is 24.1 Å². The first-order chi connectivity index (χ1) is 20.6. The van der Waals surface area contributed by atoms with Crippen LogP contribution in [0.25, 0.3) is 10.9 Å². The first-order valence-corrected chi connectivity index (χ1v) is 16.2. The molecule has 0 spiro atoms. The molecule has 0 unspecified atom stereocenters. The van der Waals surface area contributed by atoms with Gasteiger partial charge < -0.3 is 25.0 Å². The number of ether oxygens (including phenoxy) is 1. The fourth-order valence-corrected chi connectivity index (χ4v) is 6.78. The van der Waals surface area contributed by atoms with Gasteiger partial charge in [0.05, 0.1) is 36.2 Å². The Hall–Kier alpha value is -3.86. The zero-order valence-corrected chi connectivity index (χ0v) is 25.9. The number of aromatic nitrogens is 1. The van der Waals surface area contributed by atoms with Crippen molar-refractivity contribution in [1.29, 1.82) is 0 Å². The van der Waals surface area contributed by atoms with Gasteiger partial charge >= 0.3 is 0 Å². The lowest BCUT2D eigenvalue weighted by atomic mass is 9.98. The Morgan fingerprint density at radius 3 is 2.51 bits per heavy atom. The van der Waals surface area contributed by atoms with Crippen LogP contribution >= 0.6 is 0 Å². The van der Waals surface area contributed by atoms with Crippen molar-refractivity contribution in [2.45, 2.75) is 51.4 Å². The lowest BCUT2D eigenvalue weighted by molar-refractivity contribution is 0.0830. The van der Waals surface area contributed by atoms with E-state index in [4.69, 9.17) is 4.74 Å². The summed E-state index contributed by atoms with van der Waals surface area (Å²) in [4.78, 5) is 13.9. The third-order valence-electron chi connectivity index (χ3n) is 8.11. The molecule has 2 atom stereocenters. The molecule has 9 nitrogen and oxygen atoms in total. The molecule has 3 N–H and O–H groups in total. The molecule has 0 fully saturated rings. The van der Waals surface area contributed by atoms with E-state index in [0.29, 0.717) is 30.8 Å². The molecule has 1 aliphatic heterocycles. The Bertz CT molecular complexity index is 1700. The first-order valence-electron chi connectivity index (χ1n) is 14.6. The Balaban J connectivity index is 1.42. The summed E-state index contributed by atoms with van der Waals surface area (Å²) in [5.74, 6) is 0.549. The summed E-state index contributed by atoms with van der Waals surface area (Å²) in [6, 6.07) is 20.3. The number of hydrogen-bond donors (Lipinski definition) is 3. The van der Waals surface area contributed by atoms with Crippen LogP contribution in [-0.2, 0) is 29.5 Å². The molecule has 5 rings (SSSR count). The Kier molecular flexibility index (Phi) is 9.10. The van der Waals surface area contributed by atoms with Crippen molar-refractivity contribution in [2.24, 2.45) is 0 Å². The third kappa shape index (κ3) is 6.71. The van der Waals surface area contributed by atoms with Gasteiger partial charge in [0, 0.05) is 43.8 Å². The van der Waals surface area contributed by atoms with Gasteiger partial charge in [0.15, 0.2) is 0 Å². The van der Waals surface area contributed by atoms with E-state index in [9.17, 15) is 18.3 Å². The van der Waals surface area contributed by atoms with Crippen LogP contribution in [0.4, 0.5) is 5.69 Å². The second-order valence-electron chi connectivity index (χ2n) is 11.4. The normalized spacial score (nSPS) is 15.7. The number of aryl methyl sites for hydroxylation is 1. The molecule has 1 aromatic heterocycles. The van der Waals surface area contributed by atoms with Crippen molar-refractivity contribution < 1.29 is 23.1 Å². The number of nitrogens with zero attached hydrogens (tertiary/aromatic N) is 2. The van der Waals surface area contributed by atoms with Gasteiger partial charge in [0.25, 0.3) is 5.91 Å². The second-order valence-corrected chi connectivity index (χ2v) is 13.5. The monoisotopic (exact) mass is 604 g/mol. The molecular weight excluding hydrogens is 564 g/mol. The van der Waals surface area contributed by atoms with Crippen LogP contribution in [0.2, 0.25) is 0 Å². The molecular formula is C33H40N4O5S. The molecule has 0 bridgehead atoms. The van der Waals surface area contributed by atoms with Gasteiger partial charge in [-0.2, -0.15) is 0 Å². The van der Waals surface area contributed by atoms with Crippen LogP contribution in [0.15, 0.2) is 72.9 Å². The molecule has 0 saturated heterocycles. The van der Waals surface area contributed by atoms with Gasteiger partial charge in [-0.25, -0.2) is 8.42 Å². The predicted molar refractivity (Wildman–Crippen MR) is 170 cm³/mol. The van der Waals surface area contributed by atoms with E-state index < -0.39 is 22.2 Å². The molecule has 10 heteroatoms. The summed E-state index contributed by atoms with van der Waals surface area (Å²) >= 11 is 0. The summed E-state index contributed by atoms with van der Waals surface area (Å²) in [5, 5.41) is 18.5. The average Bonchev–Trinajstić information content (AvgIpc) is 3.34. The molecule has 0 saturated carbocycles. The van der Waals surface area contributed by atoms with Crippen LogP contribution < -0.4 is 19.7 Å². The largest absolute Gasteiger partial charge is 0.497 e. The highest BCUT2D eigenvalue weighted by Gasteiger charge is 2.30. The van der Waals surface area contributed by atoms with Crippen LogP contribution in [0.5, 0.6) is 5.75 Å². The van der Waals surface area contributed by atoms with Crippen molar-refractivity contribution in [3.8, 4) is 5.75 Å². The summed E-state index contributed by atoms with van der Waals surface area (Å²) in [7, 11) is -0.384. The highest BCUT2D eigenvalue weighted by atomic mass is 32.2. The fourth-order valence-electron chi connectivity index (χ4n) is 5.64.